The standard InChI is InChI=1S/C20H14N2O4S/c1-24-14-4-2-3-12(7-14)16-10-27-20-21-19(15(9-23)22(16)20)13-5-6-17-18(8-13)26-11-25-17/h2-10H,11H2,1H3. The maximum Gasteiger partial charge on any atom is 0.231 e. The van der Waals surface area contributed by atoms with Gasteiger partial charge in [0, 0.05) is 16.5 Å². The first-order valence-electron chi connectivity index (χ1n) is 8.28. The van der Waals surface area contributed by atoms with Crippen LogP contribution in [0.2, 0.25) is 0 Å². The lowest BCUT2D eigenvalue weighted by Crippen LogP contribution is -1.94. The zero-order valence-electron chi connectivity index (χ0n) is 14.3. The van der Waals surface area contributed by atoms with Crippen molar-refractivity contribution in [2.75, 3.05) is 13.9 Å². The molecule has 0 atom stereocenters. The van der Waals surface area contributed by atoms with Gasteiger partial charge >= 0.3 is 0 Å². The molecule has 1 aliphatic heterocycles. The Morgan fingerprint density at radius 1 is 1.15 bits per heavy atom. The molecule has 0 amide bonds. The molecule has 6 nitrogen and oxygen atoms in total. The van der Waals surface area contributed by atoms with Gasteiger partial charge in [-0.1, -0.05) is 12.1 Å². The average Bonchev–Trinajstić information content (AvgIpc) is 3.41. The van der Waals surface area contributed by atoms with Crippen LogP contribution in [0.25, 0.3) is 27.5 Å². The fourth-order valence-corrected chi connectivity index (χ4v) is 4.13. The number of methoxy groups -OCH3 is 1. The van der Waals surface area contributed by atoms with Crippen molar-refractivity contribution >= 4 is 22.6 Å². The van der Waals surface area contributed by atoms with Crippen molar-refractivity contribution in [3.63, 3.8) is 0 Å². The molecule has 4 aromatic rings. The van der Waals surface area contributed by atoms with E-state index in [0.29, 0.717) is 22.9 Å². The Bertz CT molecular complexity index is 1180. The number of nitrogens with zero attached hydrogens (tertiary/aromatic N) is 2. The number of ether oxygens (including phenoxy) is 3. The molecule has 2 aromatic carbocycles. The van der Waals surface area contributed by atoms with Gasteiger partial charge in [-0.15, -0.1) is 11.3 Å². The maximum atomic E-state index is 12.0. The van der Waals surface area contributed by atoms with E-state index in [-0.39, 0.29) is 6.79 Å². The molecule has 0 unspecified atom stereocenters. The van der Waals surface area contributed by atoms with E-state index in [1.807, 2.05) is 52.2 Å². The molecule has 3 heterocycles. The number of rotatable bonds is 4. The molecule has 5 rings (SSSR count). The molecule has 0 saturated heterocycles. The van der Waals surface area contributed by atoms with Crippen LogP contribution >= 0.6 is 11.3 Å². The summed E-state index contributed by atoms with van der Waals surface area (Å²) in [6, 6.07) is 13.3. The fraction of sp³-hybridized carbons (Fsp3) is 0.100. The average molecular weight is 378 g/mol. The van der Waals surface area contributed by atoms with Crippen molar-refractivity contribution < 1.29 is 19.0 Å². The van der Waals surface area contributed by atoms with Crippen LogP contribution in [0.1, 0.15) is 10.5 Å². The normalized spacial score (nSPS) is 12.5. The summed E-state index contributed by atoms with van der Waals surface area (Å²) >= 11 is 1.49. The molecule has 0 saturated carbocycles. The molecule has 0 spiro atoms. The number of carbonyl (C=O) groups is 1. The van der Waals surface area contributed by atoms with E-state index >= 15 is 0 Å². The molecule has 0 N–H and O–H groups in total. The van der Waals surface area contributed by atoms with E-state index in [1.54, 1.807) is 7.11 Å². The zero-order chi connectivity index (χ0) is 18.4. The van der Waals surface area contributed by atoms with Crippen LogP contribution in [-0.2, 0) is 0 Å². The van der Waals surface area contributed by atoms with Gasteiger partial charge in [0.2, 0.25) is 6.79 Å². The van der Waals surface area contributed by atoms with E-state index in [4.69, 9.17) is 19.2 Å². The van der Waals surface area contributed by atoms with Gasteiger partial charge in [-0.2, -0.15) is 0 Å². The summed E-state index contributed by atoms with van der Waals surface area (Å²) in [6.45, 7) is 0.206. The van der Waals surface area contributed by atoms with Crippen LogP contribution in [0.15, 0.2) is 47.8 Å². The van der Waals surface area contributed by atoms with E-state index in [2.05, 4.69) is 0 Å². The Kier molecular flexibility index (Phi) is 3.61. The van der Waals surface area contributed by atoms with Gasteiger partial charge in [0.1, 0.15) is 17.1 Å². The van der Waals surface area contributed by atoms with Gasteiger partial charge < -0.3 is 14.2 Å². The summed E-state index contributed by atoms with van der Waals surface area (Å²) in [5.74, 6) is 2.12. The van der Waals surface area contributed by atoms with Gasteiger partial charge in [0.25, 0.3) is 0 Å². The van der Waals surface area contributed by atoms with E-state index in [0.717, 1.165) is 33.8 Å². The van der Waals surface area contributed by atoms with Crippen LogP contribution < -0.4 is 14.2 Å². The highest BCUT2D eigenvalue weighted by Crippen LogP contribution is 2.38. The molecule has 27 heavy (non-hydrogen) atoms. The molecule has 2 aromatic heterocycles. The molecule has 0 fully saturated rings. The van der Waals surface area contributed by atoms with Crippen LogP contribution in [-0.4, -0.2) is 29.6 Å². The summed E-state index contributed by atoms with van der Waals surface area (Å²) in [4.78, 5) is 17.4. The van der Waals surface area contributed by atoms with E-state index in [1.165, 1.54) is 11.3 Å². The predicted molar refractivity (Wildman–Crippen MR) is 102 cm³/mol. The first-order chi connectivity index (χ1) is 13.3. The van der Waals surface area contributed by atoms with Crippen LogP contribution in [0, 0.1) is 0 Å². The molecule has 0 bridgehead atoms. The summed E-state index contributed by atoms with van der Waals surface area (Å²) < 4.78 is 18.0. The maximum absolute atomic E-state index is 12.0. The molecule has 7 heteroatoms. The number of aromatic nitrogens is 2. The third-order valence-electron chi connectivity index (χ3n) is 4.52. The highest BCUT2D eigenvalue weighted by Gasteiger charge is 2.21. The highest BCUT2D eigenvalue weighted by atomic mass is 32.1. The monoisotopic (exact) mass is 378 g/mol. The summed E-state index contributed by atoms with van der Waals surface area (Å²) in [7, 11) is 1.63. The summed E-state index contributed by atoms with van der Waals surface area (Å²) in [5, 5.41) is 1.99. The zero-order valence-corrected chi connectivity index (χ0v) is 15.2. The number of benzene rings is 2. The second-order valence-corrected chi connectivity index (χ2v) is 6.84. The summed E-state index contributed by atoms with van der Waals surface area (Å²) in [6.07, 6.45) is 0.844. The highest BCUT2D eigenvalue weighted by molar-refractivity contribution is 7.15. The van der Waals surface area contributed by atoms with Crippen molar-refractivity contribution in [3.05, 3.63) is 53.5 Å². The minimum Gasteiger partial charge on any atom is -0.497 e. The Balaban J connectivity index is 1.70. The quantitative estimate of drug-likeness (QED) is 0.496. The number of imidazole rings is 1. The topological polar surface area (TPSA) is 62.1 Å². The predicted octanol–water partition coefficient (Wildman–Crippen LogP) is 4.28. The van der Waals surface area contributed by atoms with Gasteiger partial charge in [0.15, 0.2) is 22.7 Å². The van der Waals surface area contributed by atoms with Crippen molar-refractivity contribution in [2.45, 2.75) is 0 Å². The minimum atomic E-state index is 0.206. The number of hydrogen-bond acceptors (Lipinski definition) is 6. The van der Waals surface area contributed by atoms with Gasteiger partial charge in [-0.05, 0) is 30.3 Å². The molecule has 0 aliphatic carbocycles. The van der Waals surface area contributed by atoms with Crippen LogP contribution in [0.3, 0.4) is 0 Å². The third-order valence-corrected chi connectivity index (χ3v) is 5.35. The number of aldehydes is 1. The molecular weight excluding hydrogens is 364 g/mol. The second kappa shape index (κ2) is 6.14. The first kappa shape index (κ1) is 15.9. The lowest BCUT2D eigenvalue weighted by Gasteiger charge is -2.05. The fourth-order valence-electron chi connectivity index (χ4n) is 3.23. The molecule has 1 aliphatic rings. The lowest BCUT2D eigenvalue weighted by molar-refractivity contribution is 0.111. The number of fused-ring (bicyclic) bond motifs is 2. The Morgan fingerprint density at radius 3 is 2.89 bits per heavy atom. The minimum absolute atomic E-state index is 0.206. The first-order valence-corrected chi connectivity index (χ1v) is 9.16. The molecular formula is C20H14N2O4S. The molecule has 0 radical (unpaired) electrons. The van der Waals surface area contributed by atoms with Crippen LogP contribution in [0.5, 0.6) is 17.2 Å². The van der Waals surface area contributed by atoms with Crippen molar-refractivity contribution in [3.8, 4) is 39.8 Å². The van der Waals surface area contributed by atoms with Crippen molar-refractivity contribution in [1.82, 2.24) is 9.38 Å². The van der Waals surface area contributed by atoms with Gasteiger partial charge in [0.05, 0.1) is 12.8 Å². The largest absolute Gasteiger partial charge is 0.497 e. The SMILES string of the molecule is COc1cccc(-c2csc3nc(-c4ccc5c(c4)OCO5)c(C=O)n23)c1. The lowest BCUT2D eigenvalue weighted by atomic mass is 10.1. The third kappa shape index (κ3) is 2.47. The van der Waals surface area contributed by atoms with Gasteiger partial charge in [-0.25, -0.2) is 4.98 Å². The Labute approximate surface area is 158 Å². The van der Waals surface area contributed by atoms with Crippen molar-refractivity contribution in [2.24, 2.45) is 0 Å². The van der Waals surface area contributed by atoms with Crippen molar-refractivity contribution in [1.29, 1.82) is 0 Å². The Morgan fingerprint density at radius 2 is 2.04 bits per heavy atom. The number of thiazole rings is 1. The number of carbonyl (C=O) groups excluding carboxylic acids is 1. The molecule has 134 valence electrons. The van der Waals surface area contributed by atoms with Gasteiger partial charge in [-0.3, -0.25) is 9.20 Å². The second-order valence-electron chi connectivity index (χ2n) is 6.00. The van der Waals surface area contributed by atoms with E-state index in [9.17, 15) is 4.79 Å². The summed E-state index contributed by atoms with van der Waals surface area (Å²) in [5.41, 5.74) is 3.80. The van der Waals surface area contributed by atoms with Crippen LogP contribution in [0.4, 0.5) is 0 Å². The van der Waals surface area contributed by atoms with E-state index < -0.39 is 0 Å². The smallest absolute Gasteiger partial charge is 0.231 e. The number of hydrogen-bond donors (Lipinski definition) is 0. The Hall–Kier alpha value is -3.32.